The summed E-state index contributed by atoms with van der Waals surface area (Å²) in [6.07, 6.45) is 2.36. The molecule has 1 aliphatic rings. The molecule has 1 aromatic heterocycles. The second-order valence-corrected chi connectivity index (χ2v) is 7.75. The molecule has 0 spiro atoms. The number of ether oxygens (including phenoxy) is 1. The average molecular weight is 371 g/mol. The molecule has 0 bridgehead atoms. The smallest absolute Gasteiger partial charge is 0.191 e. The molecule has 2 aromatic rings. The predicted octanol–water partition coefficient (Wildman–Crippen LogP) is 3.34. The van der Waals surface area contributed by atoms with E-state index in [4.69, 9.17) is 9.15 Å². The Balaban J connectivity index is 1.80. The number of benzene rings is 1. The molecular formula is C21H29N3O3. The van der Waals surface area contributed by atoms with Crippen molar-refractivity contribution in [2.45, 2.75) is 51.4 Å². The fraction of sp³-hybridized carbons (Fsp3) is 0.476. The molecule has 0 aliphatic carbocycles. The molecule has 2 atom stereocenters. The third-order valence-corrected chi connectivity index (χ3v) is 4.63. The minimum absolute atomic E-state index is 0.0660. The van der Waals surface area contributed by atoms with E-state index in [-0.39, 0.29) is 18.2 Å². The highest BCUT2D eigenvalue weighted by Crippen LogP contribution is 2.39. The second-order valence-electron chi connectivity index (χ2n) is 7.75. The van der Waals surface area contributed by atoms with Gasteiger partial charge in [0.2, 0.25) is 0 Å². The van der Waals surface area contributed by atoms with E-state index in [1.807, 2.05) is 25.1 Å². The van der Waals surface area contributed by atoms with Crippen molar-refractivity contribution in [3.63, 3.8) is 0 Å². The summed E-state index contributed by atoms with van der Waals surface area (Å²) in [4.78, 5) is 4.60. The molecule has 0 amide bonds. The molecule has 0 radical (unpaired) electrons. The lowest BCUT2D eigenvalue weighted by Gasteiger charge is -2.38. The lowest BCUT2D eigenvalue weighted by Crippen LogP contribution is -2.45. The van der Waals surface area contributed by atoms with Gasteiger partial charge in [-0.05, 0) is 45.9 Å². The Bertz CT molecular complexity index is 782. The monoisotopic (exact) mass is 371 g/mol. The summed E-state index contributed by atoms with van der Waals surface area (Å²) < 4.78 is 11.4. The first kappa shape index (κ1) is 19.3. The van der Waals surface area contributed by atoms with Crippen molar-refractivity contribution >= 4 is 5.96 Å². The maximum absolute atomic E-state index is 10.7. The third-order valence-electron chi connectivity index (χ3n) is 4.63. The number of hydrogen-bond acceptors (Lipinski definition) is 4. The zero-order chi connectivity index (χ0) is 19.5. The van der Waals surface area contributed by atoms with Crippen molar-refractivity contribution in [2.75, 3.05) is 13.1 Å². The van der Waals surface area contributed by atoms with E-state index in [0.717, 1.165) is 24.3 Å². The lowest BCUT2D eigenvalue weighted by atomic mass is 9.90. The molecule has 146 valence electrons. The van der Waals surface area contributed by atoms with Gasteiger partial charge in [0.15, 0.2) is 5.96 Å². The Hall–Kier alpha value is -2.47. The number of rotatable bonds is 5. The van der Waals surface area contributed by atoms with E-state index in [1.165, 1.54) is 0 Å². The van der Waals surface area contributed by atoms with E-state index in [2.05, 4.69) is 35.5 Å². The number of furan rings is 1. The number of aliphatic hydroxyl groups is 1. The van der Waals surface area contributed by atoms with E-state index >= 15 is 0 Å². The van der Waals surface area contributed by atoms with Crippen LogP contribution in [0.3, 0.4) is 0 Å². The average Bonchev–Trinajstić information content (AvgIpc) is 3.14. The number of aliphatic imine (C=N–C) groups is 1. The SMILES string of the molecule is CCNC(=NCC(C)(O)c1ccco1)NC1CC(C)(C)Oc2ccccc21. The van der Waals surface area contributed by atoms with Gasteiger partial charge in [-0.1, -0.05) is 18.2 Å². The zero-order valence-corrected chi connectivity index (χ0v) is 16.5. The maximum Gasteiger partial charge on any atom is 0.191 e. The lowest BCUT2D eigenvalue weighted by molar-refractivity contribution is 0.0435. The Morgan fingerprint density at radius 3 is 2.78 bits per heavy atom. The molecule has 6 nitrogen and oxygen atoms in total. The summed E-state index contributed by atoms with van der Waals surface area (Å²) in [6.45, 7) is 8.80. The van der Waals surface area contributed by atoms with Crippen LogP contribution in [0.2, 0.25) is 0 Å². The first-order valence-electron chi connectivity index (χ1n) is 9.40. The quantitative estimate of drug-likeness (QED) is 0.555. The van der Waals surface area contributed by atoms with E-state index in [1.54, 1.807) is 25.3 Å². The van der Waals surface area contributed by atoms with Crippen molar-refractivity contribution in [1.29, 1.82) is 0 Å². The van der Waals surface area contributed by atoms with Crippen molar-refractivity contribution in [1.82, 2.24) is 10.6 Å². The molecule has 3 rings (SSSR count). The van der Waals surface area contributed by atoms with Gasteiger partial charge in [0.05, 0.1) is 18.8 Å². The Kier molecular flexibility index (Phi) is 5.46. The van der Waals surface area contributed by atoms with Crippen LogP contribution < -0.4 is 15.4 Å². The van der Waals surface area contributed by atoms with Gasteiger partial charge >= 0.3 is 0 Å². The molecule has 0 saturated heterocycles. The van der Waals surface area contributed by atoms with Crippen molar-refractivity contribution in [3.05, 3.63) is 54.0 Å². The van der Waals surface area contributed by atoms with Crippen LogP contribution in [0.25, 0.3) is 0 Å². The molecule has 1 aliphatic heterocycles. The Morgan fingerprint density at radius 2 is 2.07 bits per heavy atom. The number of fused-ring (bicyclic) bond motifs is 1. The van der Waals surface area contributed by atoms with Gasteiger partial charge in [-0.15, -0.1) is 0 Å². The fourth-order valence-electron chi connectivity index (χ4n) is 3.31. The number of para-hydroxylation sites is 1. The number of nitrogens with zero attached hydrogens (tertiary/aromatic N) is 1. The van der Waals surface area contributed by atoms with Gasteiger partial charge < -0.3 is 24.9 Å². The van der Waals surface area contributed by atoms with Crippen molar-refractivity contribution in [2.24, 2.45) is 4.99 Å². The normalized spacial score (nSPS) is 20.9. The Labute approximate surface area is 160 Å². The van der Waals surface area contributed by atoms with Crippen LogP contribution in [0.4, 0.5) is 0 Å². The topological polar surface area (TPSA) is 79.0 Å². The van der Waals surface area contributed by atoms with Gasteiger partial charge in [-0.25, -0.2) is 4.99 Å². The van der Waals surface area contributed by atoms with Gasteiger partial charge in [-0.2, -0.15) is 0 Å². The molecule has 0 fully saturated rings. The van der Waals surface area contributed by atoms with Gasteiger partial charge in [0.1, 0.15) is 22.7 Å². The maximum atomic E-state index is 10.7. The van der Waals surface area contributed by atoms with E-state index in [0.29, 0.717) is 11.7 Å². The molecule has 2 unspecified atom stereocenters. The Morgan fingerprint density at radius 1 is 1.30 bits per heavy atom. The van der Waals surface area contributed by atoms with E-state index in [9.17, 15) is 5.11 Å². The summed E-state index contributed by atoms with van der Waals surface area (Å²) in [5.41, 5.74) is -0.331. The van der Waals surface area contributed by atoms with Gasteiger partial charge in [-0.3, -0.25) is 0 Å². The van der Waals surface area contributed by atoms with Crippen LogP contribution in [0.5, 0.6) is 5.75 Å². The zero-order valence-electron chi connectivity index (χ0n) is 16.5. The van der Waals surface area contributed by atoms with Crippen molar-refractivity contribution < 1.29 is 14.3 Å². The summed E-state index contributed by atoms with van der Waals surface area (Å²) in [7, 11) is 0. The summed E-state index contributed by atoms with van der Waals surface area (Å²) in [5.74, 6) is 2.05. The highest BCUT2D eigenvalue weighted by molar-refractivity contribution is 5.80. The third kappa shape index (κ3) is 4.63. The molecule has 6 heteroatoms. The van der Waals surface area contributed by atoms with Crippen LogP contribution in [0.15, 0.2) is 52.1 Å². The van der Waals surface area contributed by atoms with Crippen LogP contribution in [-0.2, 0) is 5.60 Å². The predicted molar refractivity (Wildman–Crippen MR) is 106 cm³/mol. The highest BCUT2D eigenvalue weighted by atomic mass is 16.5. The first-order valence-corrected chi connectivity index (χ1v) is 9.40. The fourth-order valence-corrected chi connectivity index (χ4v) is 3.31. The van der Waals surface area contributed by atoms with Crippen LogP contribution >= 0.6 is 0 Å². The van der Waals surface area contributed by atoms with Crippen molar-refractivity contribution in [3.8, 4) is 5.75 Å². The van der Waals surface area contributed by atoms with Crippen LogP contribution in [0, 0.1) is 0 Å². The largest absolute Gasteiger partial charge is 0.487 e. The summed E-state index contributed by atoms with van der Waals surface area (Å²) in [6, 6.07) is 11.7. The van der Waals surface area contributed by atoms with Gasteiger partial charge in [0, 0.05) is 18.5 Å². The number of hydrogen-bond donors (Lipinski definition) is 3. The first-order chi connectivity index (χ1) is 12.8. The summed E-state index contributed by atoms with van der Waals surface area (Å²) >= 11 is 0. The molecule has 0 saturated carbocycles. The number of guanidine groups is 1. The molecule has 1 aromatic carbocycles. The minimum Gasteiger partial charge on any atom is -0.487 e. The molecular weight excluding hydrogens is 342 g/mol. The second kappa shape index (κ2) is 7.64. The number of nitrogens with one attached hydrogen (secondary N) is 2. The van der Waals surface area contributed by atoms with Gasteiger partial charge in [0.25, 0.3) is 0 Å². The standard InChI is InChI=1S/C21H29N3O3/c1-5-22-19(23-14-21(4,25)18-11-8-12-26-18)24-16-13-20(2,3)27-17-10-7-6-9-15(16)17/h6-12,16,25H,5,13-14H2,1-4H3,(H2,22,23,24). The molecule has 27 heavy (non-hydrogen) atoms. The van der Waals surface area contributed by atoms with Crippen LogP contribution in [-0.4, -0.2) is 29.8 Å². The van der Waals surface area contributed by atoms with Crippen LogP contribution in [0.1, 0.15) is 51.5 Å². The molecule has 2 heterocycles. The minimum atomic E-state index is -1.17. The van der Waals surface area contributed by atoms with E-state index < -0.39 is 5.60 Å². The molecule has 3 N–H and O–H groups in total. The highest BCUT2D eigenvalue weighted by Gasteiger charge is 2.34. The summed E-state index contributed by atoms with van der Waals surface area (Å²) in [5, 5.41) is 17.4.